The van der Waals surface area contributed by atoms with Gasteiger partial charge in [-0.1, -0.05) is 0 Å². The van der Waals surface area contributed by atoms with Crippen molar-refractivity contribution in [2.45, 2.75) is 106 Å². The lowest BCUT2D eigenvalue weighted by Gasteiger charge is -2.48. The molecule has 0 unspecified atom stereocenters. The van der Waals surface area contributed by atoms with Crippen LogP contribution in [-0.4, -0.2) is 157 Å². The van der Waals surface area contributed by atoms with Crippen molar-refractivity contribution in [1.82, 2.24) is 0 Å². The molecule has 3 rings (SSSR count). The molecule has 3 aliphatic rings. The molecule has 3 heterocycles. The average Bonchev–Trinajstić information content (AvgIpc) is 2.83. The van der Waals surface area contributed by atoms with Crippen molar-refractivity contribution in [3.63, 3.8) is 0 Å². The van der Waals surface area contributed by atoms with Crippen LogP contribution in [0.3, 0.4) is 0 Å². The molecule has 36 heavy (non-hydrogen) atoms. The summed E-state index contributed by atoms with van der Waals surface area (Å²) in [6.07, 6.45) is -24.5. The van der Waals surface area contributed by atoms with Crippen LogP contribution in [0.4, 0.5) is 0 Å². The quantitative estimate of drug-likeness (QED) is 0.139. The number of rotatable bonds is 7. The number of aliphatic hydroxyl groups excluding tert-OH is 9. The third kappa shape index (κ3) is 6.13. The lowest BCUT2D eigenvalue weighted by molar-refractivity contribution is -0.386. The normalized spacial score (nSPS) is 50.0. The van der Waals surface area contributed by atoms with Gasteiger partial charge in [-0.05, 0) is 6.92 Å². The SMILES string of the molecule is CC(=O)OC[C@H]1O[C@@H](O)[C@H](O[C@@H]2O[C@@H](C)[C@H](O)[C@@H](O)[C@H]2O)[C@@H](O[C@@H]2O[C@H](CO)[C@@H](O)[C@H](O)[C@H]2O)[C@@H]1O. The fraction of sp³-hybridized carbons (Fsp3) is 0.950. The van der Waals surface area contributed by atoms with Crippen LogP contribution in [0.1, 0.15) is 13.8 Å². The molecule has 0 aliphatic carbocycles. The minimum absolute atomic E-state index is 0.528. The van der Waals surface area contributed by atoms with Crippen molar-refractivity contribution in [3.8, 4) is 0 Å². The van der Waals surface area contributed by atoms with Crippen LogP contribution in [0.15, 0.2) is 0 Å². The highest BCUT2D eigenvalue weighted by Crippen LogP contribution is 2.32. The van der Waals surface area contributed by atoms with Gasteiger partial charge in [-0.2, -0.15) is 0 Å². The van der Waals surface area contributed by atoms with Crippen LogP contribution in [0.5, 0.6) is 0 Å². The zero-order valence-corrected chi connectivity index (χ0v) is 19.5. The molecule has 0 saturated carbocycles. The van der Waals surface area contributed by atoms with Gasteiger partial charge in [-0.15, -0.1) is 0 Å². The third-order valence-corrected chi connectivity index (χ3v) is 6.33. The Hall–Kier alpha value is -1.09. The van der Waals surface area contributed by atoms with Gasteiger partial charge >= 0.3 is 5.97 Å². The van der Waals surface area contributed by atoms with Gasteiger partial charge < -0.3 is 74.4 Å². The van der Waals surface area contributed by atoms with Gasteiger partial charge in [0.05, 0.1) is 12.7 Å². The summed E-state index contributed by atoms with van der Waals surface area (Å²) >= 11 is 0. The Kier molecular flexibility index (Phi) is 9.97. The Morgan fingerprint density at radius 3 is 1.83 bits per heavy atom. The number of ether oxygens (including phenoxy) is 6. The minimum Gasteiger partial charge on any atom is -0.463 e. The van der Waals surface area contributed by atoms with Crippen molar-refractivity contribution in [2.24, 2.45) is 0 Å². The van der Waals surface area contributed by atoms with E-state index in [4.69, 9.17) is 28.4 Å². The Morgan fingerprint density at radius 2 is 1.25 bits per heavy atom. The number of carbonyl (C=O) groups excluding carboxylic acids is 1. The molecule has 0 aromatic heterocycles. The van der Waals surface area contributed by atoms with Crippen molar-refractivity contribution in [2.75, 3.05) is 13.2 Å². The van der Waals surface area contributed by atoms with Crippen LogP contribution >= 0.6 is 0 Å². The molecule has 0 aromatic carbocycles. The summed E-state index contributed by atoms with van der Waals surface area (Å²) in [5, 5.41) is 91.6. The van der Waals surface area contributed by atoms with Gasteiger partial charge in [0.15, 0.2) is 18.9 Å². The van der Waals surface area contributed by atoms with Gasteiger partial charge in [-0.3, -0.25) is 4.79 Å². The molecule has 0 radical (unpaired) electrons. The first-order chi connectivity index (χ1) is 16.9. The van der Waals surface area contributed by atoms with Crippen molar-refractivity contribution in [3.05, 3.63) is 0 Å². The Labute approximate surface area is 205 Å². The Morgan fingerprint density at radius 1 is 0.694 bits per heavy atom. The Bertz CT molecular complexity index is 724. The highest BCUT2D eigenvalue weighted by molar-refractivity contribution is 5.65. The van der Waals surface area contributed by atoms with E-state index in [0.29, 0.717) is 0 Å². The molecule has 0 bridgehead atoms. The van der Waals surface area contributed by atoms with Crippen molar-refractivity contribution >= 4 is 5.97 Å². The van der Waals surface area contributed by atoms with Gasteiger partial charge in [0.1, 0.15) is 73.8 Å². The van der Waals surface area contributed by atoms with E-state index in [-0.39, 0.29) is 0 Å². The van der Waals surface area contributed by atoms with Crippen LogP contribution < -0.4 is 0 Å². The summed E-state index contributed by atoms with van der Waals surface area (Å²) in [5.41, 5.74) is 0. The summed E-state index contributed by atoms with van der Waals surface area (Å²) in [6, 6.07) is 0. The zero-order chi connectivity index (χ0) is 26.9. The largest absolute Gasteiger partial charge is 0.463 e. The predicted octanol–water partition coefficient (Wildman–Crippen LogP) is -5.97. The number of carbonyl (C=O) groups is 1. The molecule has 0 aromatic rings. The molecule has 0 spiro atoms. The van der Waals surface area contributed by atoms with Crippen molar-refractivity contribution < 1.29 is 79.2 Å². The van der Waals surface area contributed by atoms with E-state index in [1.807, 2.05) is 0 Å². The smallest absolute Gasteiger partial charge is 0.302 e. The van der Waals surface area contributed by atoms with E-state index in [1.165, 1.54) is 6.92 Å². The van der Waals surface area contributed by atoms with Gasteiger partial charge in [-0.25, -0.2) is 0 Å². The first kappa shape index (κ1) is 29.5. The van der Waals surface area contributed by atoms with E-state index < -0.39 is 111 Å². The first-order valence-corrected chi connectivity index (χ1v) is 11.3. The molecule has 3 fully saturated rings. The summed E-state index contributed by atoms with van der Waals surface area (Å²) in [7, 11) is 0. The van der Waals surface area contributed by atoms with E-state index in [2.05, 4.69) is 0 Å². The molecular weight excluding hydrogens is 496 g/mol. The molecule has 210 valence electrons. The van der Waals surface area contributed by atoms with Gasteiger partial charge in [0.25, 0.3) is 0 Å². The van der Waals surface area contributed by atoms with Crippen LogP contribution in [-0.2, 0) is 33.2 Å². The summed E-state index contributed by atoms with van der Waals surface area (Å²) in [4.78, 5) is 11.2. The van der Waals surface area contributed by atoms with E-state index in [9.17, 15) is 50.8 Å². The molecule has 16 heteroatoms. The fourth-order valence-corrected chi connectivity index (χ4v) is 4.16. The fourth-order valence-electron chi connectivity index (χ4n) is 4.16. The van der Waals surface area contributed by atoms with E-state index >= 15 is 0 Å². The van der Waals surface area contributed by atoms with Crippen LogP contribution in [0.2, 0.25) is 0 Å². The maximum absolute atomic E-state index is 11.2. The Balaban J connectivity index is 1.84. The zero-order valence-electron chi connectivity index (χ0n) is 19.5. The number of hydrogen-bond acceptors (Lipinski definition) is 16. The average molecular weight is 530 g/mol. The number of esters is 1. The van der Waals surface area contributed by atoms with Gasteiger partial charge in [0, 0.05) is 6.92 Å². The third-order valence-electron chi connectivity index (χ3n) is 6.33. The number of hydrogen-bond donors (Lipinski definition) is 9. The maximum Gasteiger partial charge on any atom is 0.302 e. The molecule has 0 amide bonds. The molecule has 16 nitrogen and oxygen atoms in total. The van der Waals surface area contributed by atoms with Crippen LogP contribution in [0.25, 0.3) is 0 Å². The molecular formula is C20H34O16. The second kappa shape index (κ2) is 12.2. The second-order valence-electron chi connectivity index (χ2n) is 8.94. The monoisotopic (exact) mass is 530 g/mol. The molecule has 9 N–H and O–H groups in total. The minimum atomic E-state index is -1.92. The van der Waals surface area contributed by atoms with Crippen molar-refractivity contribution in [1.29, 1.82) is 0 Å². The van der Waals surface area contributed by atoms with E-state index in [1.54, 1.807) is 0 Å². The molecule has 15 atom stereocenters. The topological polar surface area (TPSA) is 255 Å². The number of aliphatic hydroxyl groups is 9. The highest BCUT2D eigenvalue weighted by atomic mass is 16.8. The molecule has 3 saturated heterocycles. The highest BCUT2D eigenvalue weighted by Gasteiger charge is 2.53. The summed E-state index contributed by atoms with van der Waals surface area (Å²) in [6.45, 7) is 1.19. The van der Waals surface area contributed by atoms with Gasteiger partial charge in [0.2, 0.25) is 0 Å². The lowest BCUT2D eigenvalue weighted by Crippen LogP contribution is -2.66. The summed E-state index contributed by atoms with van der Waals surface area (Å²) in [5.74, 6) is -0.717. The van der Waals surface area contributed by atoms with Crippen LogP contribution in [0, 0.1) is 0 Å². The standard InChI is InChI=1S/C20H34O16/c1-5-9(23)12(26)14(28)19(32-5)36-17-16(11(25)8(33-18(17)30)4-31-6(2)22)35-20-15(29)13(27)10(24)7(3-21)34-20/h5,7-21,23-30H,3-4H2,1-2H3/t5-,7+,8+,9-,10+,11+,12+,13-,14+,15+,16-,17+,18+,19-,20-/m0/s1. The van der Waals surface area contributed by atoms with E-state index in [0.717, 1.165) is 6.92 Å². The lowest BCUT2D eigenvalue weighted by atomic mass is 9.96. The summed E-state index contributed by atoms with van der Waals surface area (Å²) < 4.78 is 32.0. The predicted molar refractivity (Wildman–Crippen MR) is 109 cm³/mol. The maximum atomic E-state index is 11.2. The second-order valence-corrected chi connectivity index (χ2v) is 8.94. The first-order valence-electron chi connectivity index (χ1n) is 11.3. The molecule has 3 aliphatic heterocycles.